The van der Waals surface area contributed by atoms with Gasteiger partial charge in [0.15, 0.2) is 0 Å². The van der Waals surface area contributed by atoms with Crippen LogP contribution >= 0.6 is 0 Å². The Morgan fingerprint density at radius 3 is 1.59 bits per heavy atom. The van der Waals surface area contributed by atoms with E-state index in [-0.39, 0.29) is 0 Å². The van der Waals surface area contributed by atoms with Gasteiger partial charge in [-0.15, -0.1) is 0 Å². The van der Waals surface area contributed by atoms with Gasteiger partial charge in [-0.05, 0) is 26.2 Å². The highest BCUT2D eigenvalue weighted by molar-refractivity contribution is 5.86. The summed E-state index contributed by atoms with van der Waals surface area (Å²) >= 11 is 0. The van der Waals surface area contributed by atoms with Crippen LogP contribution in [0.5, 0.6) is 0 Å². The van der Waals surface area contributed by atoms with Gasteiger partial charge in [0.2, 0.25) is 0 Å². The maximum atomic E-state index is 12.1. The molecule has 2 N–H and O–H groups in total. The van der Waals surface area contributed by atoms with Crippen LogP contribution in [0.3, 0.4) is 0 Å². The predicted molar refractivity (Wildman–Crippen MR) is 110 cm³/mol. The van der Waals surface area contributed by atoms with Crippen molar-refractivity contribution in [2.45, 2.75) is 123 Å². The number of aliphatic carboxylic acids is 2. The number of carboxylic acid groups (broad SMARTS) is 2. The molecule has 1 rings (SSSR count). The van der Waals surface area contributed by atoms with Crippen molar-refractivity contribution >= 4 is 11.9 Å². The van der Waals surface area contributed by atoms with Gasteiger partial charge < -0.3 is 10.2 Å². The Hall–Kier alpha value is -1.06. The second-order valence-corrected chi connectivity index (χ2v) is 8.87. The molecule has 0 bridgehead atoms. The third-order valence-corrected chi connectivity index (χ3v) is 6.93. The fraction of sp³-hybridized carbons (Fsp3) is 0.913. The molecule has 1 aliphatic carbocycles. The Morgan fingerprint density at radius 1 is 0.704 bits per heavy atom. The molecule has 0 aromatic heterocycles. The van der Waals surface area contributed by atoms with E-state index >= 15 is 0 Å². The van der Waals surface area contributed by atoms with Gasteiger partial charge in [-0.3, -0.25) is 9.59 Å². The molecule has 1 fully saturated rings. The fourth-order valence-corrected chi connectivity index (χ4v) is 4.85. The molecule has 0 radical (unpaired) electrons. The first-order chi connectivity index (χ1) is 12.9. The molecule has 4 heteroatoms. The maximum absolute atomic E-state index is 12.1. The summed E-state index contributed by atoms with van der Waals surface area (Å²) in [7, 11) is 0. The minimum absolute atomic E-state index is 0.479. The van der Waals surface area contributed by atoms with Gasteiger partial charge in [-0.25, -0.2) is 0 Å². The van der Waals surface area contributed by atoms with E-state index in [4.69, 9.17) is 0 Å². The molecule has 1 saturated carbocycles. The first kappa shape index (κ1) is 24.0. The van der Waals surface area contributed by atoms with Gasteiger partial charge in [0.25, 0.3) is 0 Å². The molecule has 27 heavy (non-hydrogen) atoms. The van der Waals surface area contributed by atoms with Gasteiger partial charge in [-0.1, -0.05) is 96.8 Å². The Balaban J connectivity index is 2.26. The quantitative estimate of drug-likeness (QED) is 0.305. The van der Waals surface area contributed by atoms with Crippen molar-refractivity contribution in [2.24, 2.45) is 10.8 Å². The lowest BCUT2D eigenvalue weighted by atomic mass is 9.55. The van der Waals surface area contributed by atoms with Crippen LogP contribution in [0.1, 0.15) is 123 Å². The summed E-state index contributed by atoms with van der Waals surface area (Å²) in [4.78, 5) is 23.9. The van der Waals surface area contributed by atoms with E-state index in [1.54, 1.807) is 6.92 Å². The number of hydrogen-bond acceptors (Lipinski definition) is 2. The highest BCUT2D eigenvalue weighted by Crippen LogP contribution is 2.54. The third kappa shape index (κ3) is 6.80. The van der Waals surface area contributed by atoms with Crippen molar-refractivity contribution in [1.29, 1.82) is 0 Å². The van der Waals surface area contributed by atoms with Crippen LogP contribution in [0.25, 0.3) is 0 Å². The van der Waals surface area contributed by atoms with Crippen LogP contribution in [-0.4, -0.2) is 22.2 Å². The fourth-order valence-electron chi connectivity index (χ4n) is 4.85. The number of unbranched alkanes of at least 4 members (excludes halogenated alkanes) is 11. The van der Waals surface area contributed by atoms with Crippen LogP contribution in [-0.2, 0) is 9.59 Å². The van der Waals surface area contributed by atoms with Crippen molar-refractivity contribution in [1.82, 2.24) is 0 Å². The predicted octanol–water partition coefficient (Wildman–Crippen LogP) is 6.81. The first-order valence-corrected chi connectivity index (χ1v) is 11.4. The van der Waals surface area contributed by atoms with Crippen molar-refractivity contribution in [3.05, 3.63) is 0 Å². The lowest BCUT2D eigenvalue weighted by Crippen LogP contribution is -2.52. The van der Waals surface area contributed by atoms with Crippen LogP contribution < -0.4 is 0 Å². The highest BCUT2D eigenvalue weighted by atomic mass is 16.4. The second kappa shape index (κ2) is 12.4. The van der Waals surface area contributed by atoms with Crippen molar-refractivity contribution in [3.63, 3.8) is 0 Å². The SMILES string of the molecule is CCCCCCCCCCCCCCC1(C(=O)O)CCCCC1(C)C(=O)O. The molecule has 0 aromatic carbocycles. The maximum Gasteiger partial charge on any atom is 0.310 e. The topological polar surface area (TPSA) is 74.6 Å². The van der Waals surface area contributed by atoms with E-state index in [9.17, 15) is 19.8 Å². The zero-order chi connectivity index (χ0) is 20.2. The second-order valence-electron chi connectivity index (χ2n) is 8.87. The molecule has 4 nitrogen and oxygen atoms in total. The van der Waals surface area contributed by atoms with E-state index in [2.05, 4.69) is 6.92 Å². The Bertz CT molecular complexity index is 448. The monoisotopic (exact) mass is 382 g/mol. The van der Waals surface area contributed by atoms with Crippen molar-refractivity contribution in [3.8, 4) is 0 Å². The van der Waals surface area contributed by atoms with Crippen LogP contribution in [0, 0.1) is 10.8 Å². The summed E-state index contributed by atoms with van der Waals surface area (Å²) in [6, 6.07) is 0. The Morgan fingerprint density at radius 2 is 1.15 bits per heavy atom. The van der Waals surface area contributed by atoms with Gasteiger partial charge in [0, 0.05) is 0 Å². The summed E-state index contributed by atoms with van der Waals surface area (Å²) in [5, 5.41) is 19.6. The lowest BCUT2D eigenvalue weighted by Gasteiger charge is -2.46. The standard InChI is InChI=1S/C23H42O4/c1-3-4-5-6-7-8-9-10-11-12-13-14-18-23(21(26)27)19-16-15-17-22(23,2)20(24)25/h3-19H2,1-2H3,(H,24,25)(H,26,27). The van der Waals surface area contributed by atoms with E-state index in [0.717, 1.165) is 32.1 Å². The average molecular weight is 383 g/mol. The lowest BCUT2D eigenvalue weighted by molar-refractivity contribution is -0.179. The average Bonchev–Trinajstić information content (AvgIpc) is 2.63. The minimum atomic E-state index is -1.13. The summed E-state index contributed by atoms with van der Waals surface area (Å²) in [6.45, 7) is 3.90. The zero-order valence-electron chi connectivity index (χ0n) is 17.7. The number of hydrogen-bond donors (Lipinski definition) is 2. The molecular weight excluding hydrogens is 340 g/mol. The number of rotatable bonds is 15. The smallest absolute Gasteiger partial charge is 0.310 e. The molecule has 0 heterocycles. The number of carbonyl (C=O) groups is 2. The van der Waals surface area contributed by atoms with Gasteiger partial charge in [0.05, 0.1) is 10.8 Å². The van der Waals surface area contributed by atoms with Crippen LogP contribution in [0.4, 0.5) is 0 Å². The zero-order valence-corrected chi connectivity index (χ0v) is 17.7. The van der Waals surface area contributed by atoms with E-state index in [1.807, 2.05) is 0 Å². The Labute approximate surface area is 166 Å². The molecule has 158 valence electrons. The summed E-state index contributed by atoms with van der Waals surface area (Å²) in [5.41, 5.74) is -2.22. The van der Waals surface area contributed by atoms with Crippen LogP contribution in [0.2, 0.25) is 0 Å². The van der Waals surface area contributed by atoms with Gasteiger partial charge in [0.1, 0.15) is 0 Å². The van der Waals surface area contributed by atoms with E-state index in [1.165, 1.54) is 57.8 Å². The third-order valence-electron chi connectivity index (χ3n) is 6.93. The molecule has 0 aromatic rings. The normalized spacial score (nSPS) is 25.4. The Kier molecular flexibility index (Phi) is 11.0. The van der Waals surface area contributed by atoms with E-state index in [0.29, 0.717) is 19.3 Å². The summed E-state index contributed by atoms with van der Waals surface area (Å²) in [5.74, 6) is -1.85. The first-order valence-electron chi connectivity index (χ1n) is 11.4. The van der Waals surface area contributed by atoms with Gasteiger partial charge >= 0.3 is 11.9 Å². The largest absolute Gasteiger partial charge is 0.481 e. The molecule has 2 atom stereocenters. The molecule has 2 unspecified atom stereocenters. The van der Waals surface area contributed by atoms with Gasteiger partial charge in [-0.2, -0.15) is 0 Å². The highest BCUT2D eigenvalue weighted by Gasteiger charge is 2.58. The molecule has 0 spiro atoms. The molecule has 0 amide bonds. The van der Waals surface area contributed by atoms with Crippen molar-refractivity contribution < 1.29 is 19.8 Å². The molecule has 1 aliphatic rings. The summed E-state index contributed by atoms with van der Waals surface area (Å²) in [6.07, 6.45) is 18.0. The van der Waals surface area contributed by atoms with Crippen molar-refractivity contribution in [2.75, 3.05) is 0 Å². The number of carboxylic acids is 2. The molecule has 0 aliphatic heterocycles. The molecular formula is C23H42O4. The minimum Gasteiger partial charge on any atom is -0.481 e. The summed E-state index contributed by atoms with van der Waals surface area (Å²) < 4.78 is 0. The van der Waals surface area contributed by atoms with Crippen LogP contribution in [0.15, 0.2) is 0 Å². The van der Waals surface area contributed by atoms with E-state index < -0.39 is 22.8 Å². The molecule has 0 saturated heterocycles.